The van der Waals surface area contributed by atoms with E-state index >= 15 is 0 Å². The molecule has 25 heavy (non-hydrogen) atoms. The fourth-order valence-corrected chi connectivity index (χ4v) is 2.84. The van der Waals surface area contributed by atoms with Gasteiger partial charge in [0.05, 0.1) is 16.7 Å². The lowest BCUT2D eigenvalue weighted by Gasteiger charge is -2.10. The molecule has 1 amide bonds. The van der Waals surface area contributed by atoms with Gasteiger partial charge >= 0.3 is 0 Å². The lowest BCUT2D eigenvalue weighted by molar-refractivity contribution is 0.101. The molecule has 0 aliphatic rings. The monoisotopic (exact) mass is 331 g/mol. The average molecular weight is 331 g/mol. The highest BCUT2D eigenvalue weighted by molar-refractivity contribution is 6.05. The summed E-state index contributed by atoms with van der Waals surface area (Å²) in [5.41, 5.74) is 3.93. The molecular weight excluding hydrogens is 314 g/mol. The number of amides is 1. The van der Waals surface area contributed by atoms with Crippen molar-refractivity contribution in [2.75, 3.05) is 5.32 Å². The number of para-hydroxylation sites is 3. The Kier molecular flexibility index (Phi) is 3.78. The predicted molar refractivity (Wildman–Crippen MR) is 97.4 cm³/mol. The maximum Gasteiger partial charge on any atom is 0.273 e. The van der Waals surface area contributed by atoms with E-state index in [2.05, 4.69) is 20.4 Å². The van der Waals surface area contributed by atoms with Crippen molar-refractivity contribution in [1.29, 1.82) is 0 Å². The molecule has 0 atom stereocenters. The minimum absolute atomic E-state index is 0.192. The maximum absolute atomic E-state index is 12.6. The Morgan fingerprint density at radius 3 is 2.76 bits per heavy atom. The van der Waals surface area contributed by atoms with Crippen LogP contribution in [0.4, 0.5) is 5.69 Å². The van der Waals surface area contributed by atoms with Gasteiger partial charge in [0.2, 0.25) is 0 Å². The van der Waals surface area contributed by atoms with Gasteiger partial charge in [0.1, 0.15) is 11.5 Å². The Hall–Kier alpha value is -3.41. The Morgan fingerprint density at radius 1 is 1.12 bits per heavy atom. The highest BCUT2D eigenvalue weighted by Gasteiger charge is 2.15. The molecule has 0 spiro atoms. The minimum atomic E-state index is -0.192. The number of hydrogen-bond acceptors (Lipinski definition) is 3. The van der Waals surface area contributed by atoms with Crippen LogP contribution in [0.1, 0.15) is 17.4 Å². The molecule has 6 nitrogen and oxygen atoms in total. The summed E-state index contributed by atoms with van der Waals surface area (Å²) in [6.07, 6.45) is 1.63. The second kappa shape index (κ2) is 6.24. The Bertz CT molecular complexity index is 1010. The molecule has 0 saturated carbocycles. The number of aromatic amines is 1. The van der Waals surface area contributed by atoms with Crippen LogP contribution in [-0.2, 0) is 6.54 Å². The van der Waals surface area contributed by atoms with E-state index in [1.54, 1.807) is 16.9 Å². The van der Waals surface area contributed by atoms with Gasteiger partial charge in [-0.05, 0) is 37.3 Å². The van der Waals surface area contributed by atoms with Crippen LogP contribution in [0.15, 0.2) is 60.8 Å². The first-order valence-corrected chi connectivity index (χ1v) is 8.13. The molecule has 0 unspecified atom stereocenters. The van der Waals surface area contributed by atoms with Crippen molar-refractivity contribution in [1.82, 2.24) is 19.7 Å². The molecule has 0 bridgehead atoms. The Balaban J connectivity index is 1.70. The van der Waals surface area contributed by atoms with E-state index in [0.717, 1.165) is 22.4 Å². The number of benzene rings is 2. The molecule has 2 heterocycles. The average Bonchev–Trinajstić information content (AvgIpc) is 3.28. The van der Waals surface area contributed by atoms with Crippen molar-refractivity contribution in [3.63, 3.8) is 0 Å². The molecule has 0 aliphatic carbocycles. The van der Waals surface area contributed by atoms with E-state index in [1.165, 1.54) is 0 Å². The number of aryl methyl sites for hydroxylation is 1. The fraction of sp³-hybridized carbons (Fsp3) is 0.105. The molecule has 4 rings (SSSR count). The summed E-state index contributed by atoms with van der Waals surface area (Å²) >= 11 is 0. The molecule has 124 valence electrons. The zero-order valence-electron chi connectivity index (χ0n) is 13.7. The molecule has 0 fully saturated rings. The van der Waals surface area contributed by atoms with E-state index < -0.39 is 0 Å². The zero-order valence-corrected chi connectivity index (χ0v) is 13.7. The van der Waals surface area contributed by atoms with Crippen molar-refractivity contribution in [3.05, 3.63) is 66.5 Å². The van der Waals surface area contributed by atoms with Crippen LogP contribution < -0.4 is 5.32 Å². The molecule has 2 aromatic carbocycles. The van der Waals surface area contributed by atoms with E-state index in [9.17, 15) is 4.79 Å². The third kappa shape index (κ3) is 2.78. The van der Waals surface area contributed by atoms with Gasteiger partial charge in [-0.15, -0.1) is 0 Å². The van der Waals surface area contributed by atoms with Crippen LogP contribution in [0.25, 0.3) is 22.4 Å². The van der Waals surface area contributed by atoms with Crippen LogP contribution in [-0.4, -0.2) is 25.7 Å². The van der Waals surface area contributed by atoms with Gasteiger partial charge in [0.25, 0.3) is 5.91 Å². The van der Waals surface area contributed by atoms with E-state index in [-0.39, 0.29) is 5.91 Å². The number of aromatic nitrogens is 4. The zero-order chi connectivity index (χ0) is 17.2. The summed E-state index contributed by atoms with van der Waals surface area (Å²) in [5, 5.41) is 7.11. The third-order valence-electron chi connectivity index (χ3n) is 4.07. The second-order valence-electron chi connectivity index (χ2n) is 5.63. The highest BCUT2D eigenvalue weighted by Crippen LogP contribution is 2.27. The van der Waals surface area contributed by atoms with Crippen LogP contribution >= 0.6 is 0 Å². The second-order valence-corrected chi connectivity index (χ2v) is 5.63. The topological polar surface area (TPSA) is 75.6 Å². The normalized spacial score (nSPS) is 10.9. The number of fused-ring (bicyclic) bond motifs is 1. The van der Waals surface area contributed by atoms with Gasteiger partial charge in [0.15, 0.2) is 0 Å². The molecule has 0 saturated heterocycles. The number of carbonyl (C=O) groups is 1. The number of nitrogens with zero attached hydrogens (tertiary/aromatic N) is 3. The summed E-state index contributed by atoms with van der Waals surface area (Å²) in [7, 11) is 0. The molecule has 0 radical (unpaired) electrons. The van der Waals surface area contributed by atoms with Gasteiger partial charge in [-0.3, -0.25) is 9.48 Å². The SMILES string of the molecule is CCn1nccc1C(=O)Nc1ccccc1-c1nc2ccccc2[nH]1. The Morgan fingerprint density at radius 2 is 1.92 bits per heavy atom. The van der Waals surface area contributed by atoms with Crippen LogP contribution in [0.2, 0.25) is 0 Å². The first-order chi connectivity index (χ1) is 12.3. The number of anilines is 1. The molecule has 0 aliphatic heterocycles. The van der Waals surface area contributed by atoms with E-state index in [1.807, 2.05) is 55.5 Å². The lowest BCUT2D eigenvalue weighted by atomic mass is 10.1. The summed E-state index contributed by atoms with van der Waals surface area (Å²) in [6, 6.07) is 17.2. The standard InChI is InChI=1S/C19H17N5O/c1-2-24-17(11-12-20-24)19(25)23-14-8-4-3-7-13(14)18-21-15-9-5-6-10-16(15)22-18/h3-12H,2H2,1H3,(H,21,22)(H,23,25). The molecule has 2 aromatic heterocycles. The van der Waals surface area contributed by atoms with Gasteiger partial charge in [-0.2, -0.15) is 5.10 Å². The summed E-state index contributed by atoms with van der Waals surface area (Å²) < 4.78 is 1.67. The summed E-state index contributed by atoms with van der Waals surface area (Å²) in [5.74, 6) is 0.531. The third-order valence-corrected chi connectivity index (χ3v) is 4.07. The van der Waals surface area contributed by atoms with Crippen molar-refractivity contribution in [3.8, 4) is 11.4 Å². The molecule has 6 heteroatoms. The lowest BCUT2D eigenvalue weighted by Crippen LogP contribution is -2.17. The number of nitrogens with one attached hydrogen (secondary N) is 2. The predicted octanol–water partition coefficient (Wildman–Crippen LogP) is 3.70. The molecule has 4 aromatic rings. The van der Waals surface area contributed by atoms with Crippen LogP contribution in [0, 0.1) is 0 Å². The van der Waals surface area contributed by atoms with Gasteiger partial charge in [-0.25, -0.2) is 4.98 Å². The van der Waals surface area contributed by atoms with E-state index in [0.29, 0.717) is 17.9 Å². The molecular formula is C19H17N5O. The van der Waals surface area contributed by atoms with E-state index in [4.69, 9.17) is 0 Å². The van der Waals surface area contributed by atoms with Crippen molar-refractivity contribution >= 4 is 22.6 Å². The van der Waals surface area contributed by atoms with Crippen molar-refractivity contribution in [2.45, 2.75) is 13.5 Å². The van der Waals surface area contributed by atoms with Gasteiger partial charge < -0.3 is 10.3 Å². The number of H-pyrrole nitrogens is 1. The van der Waals surface area contributed by atoms with Gasteiger partial charge in [-0.1, -0.05) is 24.3 Å². The first kappa shape index (κ1) is 15.1. The maximum atomic E-state index is 12.6. The van der Waals surface area contributed by atoms with Gasteiger partial charge in [0, 0.05) is 18.3 Å². The minimum Gasteiger partial charge on any atom is -0.338 e. The smallest absolute Gasteiger partial charge is 0.273 e. The number of rotatable bonds is 4. The first-order valence-electron chi connectivity index (χ1n) is 8.13. The van der Waals surface area contributed by atoms with Crippen molar-refractivity contribution in [2.24, 2.45) is 0 Å². The summed E-state index contributed by atoms with van der Waals surface area (Å²) in [6.45, 7) is 2.59. The summed E-state index contributed by atoms with van der Waals surface area (Å²) in [4.78, 5) is 20.5. The highest BCUT2D eigenvalue weighted by atomic mass is 16.2. The number of imidazole rings is 1. The number of carbonyl (C=O) groups excluding carboxylic acids is 1. The largest absolute Gasteiger partial charge is 0.338 e. The fourth-order valence-electron chi connectivity index (χ4n) is 2.84. The van der Waals surface area contributed by atoms with Crippen LogP contribution in [0.3, 0.4) is 0 Å². The van der Waals surface area contributed by atoms with Crippen molar-refractivity contribution < 1.29 is 4.79 Å². The molecule has 2 N–H and O–H groups in total. The van der Waals surface area contributed by atoms with Crippen LogP contribution in [0.5, 0.6) is 0 Å². The number of hydrogen-bond donors (Lipinski definition) is 2. The quantitative estimate of drug-likeness (QED) is 0.599. The Labute approximate surface area is 144 Å².